The first-order valence-electron chi connectivity index (χ1n) is 9.68. The Bertz CT molecular complexity index is 1160. The summed E-state index contributed by atoms with van der Waals surface area (Å²) in [5.74, 6) is 0.104. The highest BCUT2D eigenvalue weighted by Gasteiger charge is 2.18. The number of carbonyl (C=O) groups is 1. The van der Waals surface area contributed by atoms with Crippen LogP contribution in [0.2, 0.25) is 0 Å². The van der Waals surface area contributed by atoms with E-state index >= 15 is 0 Å². The van der Waals surface area contributed by atoms with E-state index in [1.54, 1.807) is 27.7 Å². The highest BCUT2D eigenvalue weighted by molar-refractivity contribution is 7.99. The van der Waals surface area contributed by atoms with E-state index < -0.39 is 0 Å². The number of thioether (sulfide) groups is 1. The Morgan fingerprint density at radius 2 is 1.83 bits per heavy atom. The lowest BCUT2D eigenvalue weighted by molar-refractivity contribution is -0.127. The van der Waals surface area contributed by atoms with Gasteiger partial charge in [-0.15, -0.1) is 13.2 Å². The molecule has 0 aliphatic carbocycles. The Morgan fingerprint density at radius 1 is 1.13 bits per heavy atom. The summed E-state index contributed by atoms with van der Waals surface area (Å²) in [7, 11) is 0. The molecule has 0 radical (unpaired) electrons. The van der Waals surface area contributed by atoms with Gasteiger partial charge in [0.1, 0.15) is 0 Å². The predicted molar refractivity (Wildman–Crippen MR) is 125 cm³/mol. The first kappa shape index (κ1) is 21.6. The van der Waals surface area contributed by atoms with Crippen LogP contribution >= 0.6 is 11.8 Å². The Hall–Kier alpha value is -3.12. The Labute approximate surface area is 180 Å². The van der Waals surface area contributed by atoms with Gasteiger partial charge in [-0.2, -0.15) is 0 Å². The molecule has 1 heterocycles. The number of aryl methyl sites for hydroxylation is 2. The van der Waals surface area contributed by atoms with E-state index in [0.29, 0.717) is 29.1 Å². The van der Waals surface area contributed by atoms with Crippen molar-refractivity contribution in [2.75, 3.05) is 18.8 Å². The van der Waals surface area contributed by atoms with Crippen LogP contribution < -0.4 is 5.56 Å². The third-order valence-electron chi connectivity index (χ3n) is 4.73. The number of aromatic nitrogens is 2. The Kier molecular flexibility index (Phi) is 6.90. The van der Waals surface area contributed by atoms with E-state index in [4.69, 9.17) is 4.98 Å². The van der Waals surface area contributed by atoms with Gasteiger partial charge in [-0.3, -0.25) is 14.2 Å². The minimum absolute atomic E-state index is 0.0604. The van der Waals surface area contributed by atoms with Crippen molar-refractivity contribution in [2.45, 2.75) is 19.0 Å². The fourth-order valence-corrected chi connectivity index (χ4v) is 4.10. The monoisotopic (exact) mass is 419 g/mol. The van der Waals surface area contributed by atoms with E-state index in [1.807, 2.05) is 50.2 Å². The van der Waals surface area contributed by atoms with Crippen LogP contribution in [0.3, 0.4) is 0 Å². The molecule has 0 fully saturated rings. The van der Waals surface area contributed by atoms with Gasteiger partial charge in [-0.25, -0.2) is 4.98 Å². The van der Waals surface area contributed by atoms with E-state index in [2.05, 4.69) is 13.2 Å². The number of benzene rings is 2. The van der Waals surface area contributed by atoms with Crippen LogP contribution in [-0.4, -0.2) is 39.2 Å². The van der Waals surface area contributed by atoms with Crippen molar-refractivity contribution in [3.63, 3.8) is 0 Å². The molecule has 3 rings (SSSR count). The van der Waals surface area contributed by atoms with Crippen molar-refractivity contribution in [3.05, 3.63) is 89.3 Å². The topological polar surface area (TPSA) is 55.2 Å². The lowest BCUT2D eigenvalue weighted by atomic mass is 10.1. The third kappa shape index (κ3) is 4.54. The van der Waals surface area contributed by atoms with E-state index in [-0.39, 0.29) is 17.2 Å². The summed E-state index contributed by atoms with van der Waals surface area (Å²) < 4.78 is 1.62. The zero-order valence-electron chi connectivity index (χ0n) is 17.3. The second-order valence-electron chi connectivity index (χ2n) is 7.01. The molecule has 0 saturated heterocycles. The van der Waals surface area contributed by atoms with Gasteiger partial charge >= 0.3 is 0 Å². The van der Waals surface area contributed by atoms with Crippen LogP contribution in [0.4, 0.5) is 0 Å². The largest absolute Gasteiger partial charge is 0.335 e. The summed E-state index contributed by atoms with van der Waals surface area (Å²) >= 11 is 1.27. The maximum atomic E-state index is 13.4. The fraction of sp³-hybridized carbons (Fsp3) is 0.208. The lowest BCUT2D eigenvalue weighted by Crippen LogP contribution is -2.33. The van der Waals surface area contributed by atoms with Crippen LogP contribution in [0, 0.1) is 13.8 Å². The molecule has 5 nitrogen and oxygen atoms in total. The van der Waals surface area contributed by atoms with Crippen LogP contribution in [0.25, 0.3) is 16.6 Å². The number of fused-ring (bicyclic) bond motifs is 1. The highest BCUT2D eigenvalue weighted by atomic mass is 32.2. The summed E-state index contributed by atoms with van der Waals surface area (Å²) in [6.07, 6.45) is 3.37. The van der Waals surface area contributed by atoms with Gasteiger partial charge in [0.15, 0.2) is 5.16 Å². The van der Waals surface area contributed by atoms with Crippen molar-refractivity contribution < 1.29 is 4.79 Å². The zero-order chi connectivity index (χ0) is 21.7. The second-order valence-corrected chi connectivity index (χ2v) is 7.95. The van der Waals surface area contributed by atoms with Crippen LogP contribution in [0.15, 0.2) is 77.7 Å². The number of amides is 1. The number of hydrogen-bond acceptors (Lipinski definition) is 4. The molecule has 2 aromatic carbocycles. The van der Waals surface area contributed by atoms with Crippen LogP contribution in [0.1, 0.15) is 11.1 Å². The van der Waals surface area contributed by atoms with Gasteiger partial charge in [0.05, 0.1) is 22.3 Å². The lowest BCUT2D eigenvalue weighted by Gasteiger charge is -2.20. The number of para-hydroxylation sites is 1. The summed E-state index contributed by atoms with van der Waals surface area (Å²) in [6, 6.07) is 13.3. The molecule has 1 aromatic heterocycles. The van der Waals surface area contributed by atoms with Crippen molar-refractivity contribution in [3.8, 4) is 5.69 Å². The molecule has 154 valence electrons. The number of carbonyl (C=O) groups excluding carboxylic acids is 1. The van der Waals surface area contributed by atoms with Crippen molar-refractivity contribution in [1.82, 2.24) is 14.5 Å². The molecule has 0 unspecified atom stereocenters. The van der Waals surface area contributed by atoms with E-state index in [9.17, 15) is 9.59 Å². The number of hydrogen-bond donors (Lipinski definition) is 0. The van der Waals surface area contributed by atoms with Gasteiger partial charge in [-0.1, -0.05) is 48.2 Å². The summed E-state index contributed by atoms with van der Waals surface area (Å²) in [6.45, 7) is 12.3. The number of rotatable bonds is 8. The molecule has 1 amide bonds. The van der Waals surface area contributed by atoms with Gasteiger partial charge in [-0.05, 0) is 43.2 Å². The predicted octanol–water partition coefficient (Wildman–Crippen LogP) is 4.30. The highest BCUT2D eigenvalue weighted by Crippen LogP contribution is 2.24. The molecule has 0 saturated carbocycles. The van der Waals surface area contributed by atoms with Gasteiger partial charge in [0.25, 0.3) is 5.56 Å². The number of nitrogens with zero attached hydrogens (tertiary/aromatic N) is 3. The summed E-state index contributed by atoms with van der Waals surface area (Å²) in [5.41, 5.74) is 3.27. The first-order valence-corrected chi connectivity index (χ1v) is 10.7. The maximum absolute atomic E-state index is 13.4. The standard InChI is InChI=1S/C24H25N3O2S/c1-5-13-26(14-6-2)22(28)16-30-24-25-20-10-8-7-9-19(20)23(29)27(24)21-15-17(3)11-12-18(21)4/h5-12,15H,1-2,13-14,16H2,3-4H3. The molecule has 0 bridgehead atoms. The van der Waals surface area contributed by atoms with Crippen molar-refractivity contribution >= 4 is 28.6 Å². The molecule has 0 aliphatic rings. The average Bonchev–Trinajstić information content (AvgIpc) is 2.74. The van der Waals surface area contributed by atoms with Crippen LogP contribution in [0.5, 0.6) is 0 Å². The summed E-state index contributed by atoms with van der Waals surface area (Å²) in [5, 5.41) is 1.05. The minimum atomic E-state index is -0.140. The second kappa shape index (κ2) is 9.59. The SMILES string of the molecule is C=CCN(CC=C)C(=O)CSc1nc2ccccc2c(=O)n1-c1cc(C)ccc1C. The first-order chi connectivity index (χ1) is 14.5. The van der Waals surface area contributed by atoms with Gasteiger partial charge in [0, 0.05) is 13.1 Å². The van der Waals surface area contributed by atoms with Crippen LogP contribution in [-0.2, 0) is 4.79 Å². The van der Waals surface area contributed by atoms with Crippen molar-refractivity contribution in [1.29, 1.82) is 0 Å². The quantitative estimate of drug-likeness (QED) is 0.310. The van der Waals surface area contributed by atoms with Gasteiger partial charge < -0.3 is 4.90 Å². The molecular weight excluding hydrogens is 394 g/mol. The maximum Gasteiger partial charge on any atom is 0.266 e. The smallest absolute Gasteiger partial charge is 0.266 e. The normalized spacial score (nSPS) is 10.7. The molecular formula is C24H25N3O2S. The molecule has 0 spiro atoms. The Morgan fingerprint density at radius 3 is 2.53 bits per heavy atom. The molecule has 0 atom stereocenters. The minimum Gasteiger partial charge on any atom is -0.335 e. The van der Waals surface area contributed by atoms with E-state index in [0.717, 1.165) is 16.8 Å². The molecule has 30 heavy (non-hydrogen) atoms. The Balaban J connectivity index is 2.08. The van der Waals surface area contributed by atoms with Gasteiger partial charge in [0.2, 0.25) is 5.91 Å². The van der Waals surface area contributed by atoms with E-state index in [1.165, 1.54) is 11.8 Å². The molecule has 6 heteroatoms. The molecule has 3 aromatic rings. The summed E-state index contributed by atoms with van der Waals surface area (Å²) in [4.78, 5) is 32.5. The molecule has 0 aliphatic heterocycles. The van der Waals surface area contributed by atoms with Crippen molar-refractivity contribution in [2.24, 2.45) is 0 Å². The fourth-order valence-electron chi connectivity index (χ4n) is 3.19. The average molecular weight is 420 g/mol. The molecule has 0 N–H and O–H groups in total. The third-order valence-corrected chi connectivity index (χ3v) is 5.65. The zero-order valence-corrected chi connectivity index (χ0v) is 18.1.